The van der Waals surface area contributed by atoms with Gasteiger partial charge < -0.3 is 9.84 Å². The maximum absolute atomic E-state index is 13.7. The highest BCUT2D eigenvalue weighted by Crippen LogP contribution is 2.36. The SMILES string of the molecule is C[C@@H](O)c1ccc(Oc2c(F)cccc2[N+](=O)[O-])cc1Br. The van der Waals surface area contributed by atoms with Crippen molar-refractivity contribution in [1.82, 2.24) is 0 Å². The number of halogens is 2. The number of rotatable bonds is 4. The Morgan fingerprint density at radius 2 is 2.10 bits per heavy atom. The predicted molar refractivity (Wildman–Crippen MR) is 77.9 cm³/mol. The van der Waals surface area contributed by atoms with E-state index in [1.807, 2.05) is 0 Å². The molecule has 0 fully saturated rings. The summed E-state index contributed by atoms with van der Waals surface area (Å²) in [5, 5.41) is 20.4. The van der Waals surface area contributed by atoms with Gasteiger partial charge in [-0.2, -0.15) is 0 Å². The first-order chi connectivity index (χ1) is 9.90. The molecule has 2 rings (SSSR count). The smallest absolute Gasteiger partial charge is 0.314 e. The second-order valence-electron chi connectivity index (χ2n) is 4.31. The van der Waals surface area contributed by atoms with Crippen molar-refractivity contribution in [3.05, 3.63) is 62.4 Å². The van der Waals surface area contributed by atoms with Gasteiger partial charge in [-0.15, -0.1) is 0 Å². The maximum atomic E-state index is 13.7. The number of benzene rings is 2. The Morgan fingerprint density at radius 1 is 1.38 bits per heavy atom. The molecule has 0 radical (unpaired) electrons. The van der Waals surface area contributed by atoms with Crippen molar-refractivity contribution in [2.75, 3.05) is 0 Å². The molecule has 0 amide bonds. The second-order valence-corrected chi connectivity index (χ2v) is 5.16. The molecule has 0 saturated heterocycles. The fourth-order valence-electron chi connectivity index (χ4n) is 1.77. The molecule has 0 saturated carbocycles. The molecule has 110 valence electrons. The first-order valence-electron chi connectivity index (χ1n) is 5.98. The van der Waals surface area contributed by atoms with Gasteiger partial charge in [-0.1, -0.05) is 28.1 Å². The first kappa shape index (κ1) is 15.4. The van der Waals surface area contributed by atoms with E-state index in [9.17, 15) is 19.6 Å². The number of para-hydroxylation sites is 1. The molecule has 21 heavy (non-hydrogen) atoms. The van der Waals surface area contributed by atoms with Crippen LogP contribution in [0, 0.1) is 15.9 Å². The summed E-state index contributed by atoms with van der Waals surface area (Å²) in [5.41, 5.74) is 0.177. The Morgan fingerprint density at radius 3 is 2.67 bits per heavy atom. The summed E-state index contributed by atoms with van der Waals surface area (Å²) in [7, 11) is 0. The van der Waals surface area contributed by atoms with Gasteiger partial charge >= 0.3 is 5.69 Å². The number of nitro benzene ring substituents is 1. The molecule has 5 nitrogen and oxygen atoms in total. The molecule has 7 heteroatoms. The van der Waals surface area contributed by atoms with Crippen LogP contribution in [0.3, 0.4) is 0 Å². The molecule has 2 aromatic rings. The van der Waals surface area contributed by atoms with E-state index in [-0.39, 0.29) is 5.75 Å². The van der Waals surface area contributed by atoms with Gasteiger partial charge in [0, 0.05) is 10.5 Å². The standard InChI is InChI=1S/C14H11BrFNO4/c1-8(18)10-6-5-9(7-11(10)15)21-14-12(16)3-2-4-13(14)17(19)20/h2-8,18H,1H3/t8-/m1/s1. The van der Waals surface area contributed by atoms with Crippen molar-refractivity contribution in [3.63, 3.8) is 0 Å². The third-order valence-electron chi connectivity index (χ3n) is 2.78. The van der Waals surface area contributed by atoms with Crippen molar-refractivity contribution in [2.45, 2.75) is 13.0 Å². The third kappa shape index (κ3) is 3.37. The zero-order chi connectivity index (χ0) is 15.6. The van der Waals surface area contributed by atoms with Crippen LogP contribution in [0.25, 0.3) is 0 Å². The predicted octanol–water partition coefficient (Wildman–Crippen LogP) is 4.34. The Kier molecular flexibility index (Phi) is 4.54. The van der Waals surface area contributed by atoms with Crippen LogP contribution in [0.5, 0.6) is 11.5 Å². The van der Waals surface area contributed by atoms with Crippen molar-refractivity contribution in [3.8, 4) is 11.5 Å². The highest BCUT2D eigenvalue weighted by atomic mass is 79.9. The Hall–Kier alpha value is -1.99. The highest BCUT2D eigenvalue weighted by Gasteiger charge is 2.20. The lowest BCUT2D eigenvalue weighted by atomic mass is 10.1. The molecule has 0 unspecified atom stereocenters. The molecular weight excluding hydrogens is 345 g/mol. The van der Waals surface area contributed by atoms with Crippen LogP contribution in [-0.4, -0.2) is 10.0 Å². The highest BCUT2D eigenvalue weighted by molar-refractivity contribution is 9.10. The zero-order valence-corrected chi connectivity index (χ0v) is 12.5. The number of nitrogens with zero attached hydrogens (tertiary/aromatic N) is 1. The van der Waals surface area contributed by atoms with Crippen LogP contribution in [0.15, 0.2) is 40.9 Å². The number of hydrogen-bond donors (Lipinski definition) is 1. The molecule has 0 bridgehead atoms. The van der Waals surface area contributed by atoms with Crippen molar-refractivity contribution >= 4 is 21.6 Å². The average Bonchev–Trinajstić information content (AvgIpc) is 2.40. The number of aliphatic hydroxyl groups excluding tert-OH is 1. The van der Waals surface area contributed by atoms with Gasteiger partial charge in [-0.3, -0.25) is 10.1 Å². The molecule has 1 N–H and O–H groups in total. The summed E-state index contributed by atoms with van der Waals surface area (Å²) in [4.78, 5) is 10.2. The normalized spacial score (nSPS) is 12.0. The monoisotopic (exact) mass is 355 g/mol. The quantitative estimate of drug-likeness (QED) is 0.653. The summed E-state index contributed by atoms with van der Waals surface area (Å²) in [6.07, 6.45) is -0.684. The van der Waals surface area contributed by atoms with Crippen LogP contribution >= 0.6 is 15.9 Å². The molecule has 1 atom stereocenters. The summed E-state index contributed by atoms with van der Waals surface area (Å²) in [5.74, 6) is -1.04. The molecule has 0 aliphatic carbocycles. The minimum absolute atomic E-state index is 0.222. The van der Waals surface area contributed by atoms with E-state index in [2.05, 4.69) is 15.9 Å². The van der Waals surface area contributed by atoms with Gasteiger partial charge in [0.1, 0.15) is 5.75 Å². The first-order valence-corrected chi connectivity index (χ1v) is 6.77. The number of nitro groups is 1. The summed E-state index contributed by atoms with van der Waals surface area (Å²) >= 11 is 3.26. The van der Waals surface area contributed by atoms with Crippen LogP contribution in [-0.2, 0) is 0 Å². The van der Waals surface area contributed by atoms with Crippen LogP contribution in [0.2, 0.25) is 0 Å². The largest absolute Gasteiger partial charge is 0.447 e. The summed E-state index contributed by atoms with van der Waals surface area (Å²) in [6.45, 7) is 1.60. The average molecular weight is 356 g/mol. The van der Waals surface area contributed by atoms with Gasteiger partial charge in [0.15, 0.2) is 5.82 Å². The van der Waals surface area contributed by atoms with Gasteiger partial charge in [-0.25, -0.2) is 4.39 Å². The van der Waals surface area contributed by atoms with Gasteiger partial charge in [0.2, 0.25) is 5.75 Å². The van der Waals surface area contributed by atoms with Crippen LogP contribution < -0.4 is 4.74 Å². The molecule has 0 aromatic heterocycles. The van der Waals surface area contributed by atoms with Crippen LogP contribution in [0.4, 0.5) is 10.1 Å². The Balaban J connectivity index is 2.39. The van der Waals surface area contributed by atoms with Gasteiger partial charge in [-0.05, 0) is 30.7 Å². The maximum Gasteiger partial charge on any atom is 0.314 e. The van der Waals surface area contributed by atoms with Crippen molar-refractivity contribution in [1.29, 1.82) is 0 Å². The number of hydrogen-bond acceptors (Lipinski definition) is 4. The lowest BCUT2D eigenvalue weighted by molar-refractivity contribution is -0.385. The summed E-state index contributed by atoms with van der Waals surface area (Å²) in [6, 6.07) is 8.10. The number of ether oxygens (including phenoxy) is 1. The van der Waals surface area contributed by atoms with E-state index in [1.54, 1.807) is 13.0 Å². The molecule has 0 heterocycles. The number of aliphatic hydroxyl groups is 1. The topological polar surface area (TPSA) is 72.6 Å². The Bertz CT molecular complexity index is 691. The van der Waals surface area contributed by atoms with E-state index in [4.69, 9.17) is 4.74 Å². The Labute approximate surface area is 128 Å². The zero-order valence-electron chi connectivity index (χ0n) is 10.9. The van der Waals surface area contributed by atoms with Crippen LogP contribution in [0.1, 0.15) is 18.6 Å². The van der Waals surface area contributed by atoms with E-state index in [1.165, 1.54) is 18.2 Å². The van der Waals surface area contributed by atoms with Gasteiger partial charge in [0.25, 0.3) is 0 Å². The molecule has 0 spiro atoms. The van der Waals surface area contributed by atoms with E-state index in [0.717, 1.165) is 12.1 Å². The lowest BCUT2D eigenvalue weighted by Gasteiger charge is -2.11. The minimum Gasteiger partial charge on any atom is -0.447 e. The van der Waals surface area contributed by atoms with E-state index >= 15 is 0 Å². The van der Waals surface area contributed by atoms with E-state index in [0.29, 0.717) is 10.0 Å². The third-order valence-corrected chi connectivity index (χ3v) is 3.47. The lowest BCUT2D eigenvalue weighted by Crippen LogP contribution is -1.97. The molecule has 0 aliphatic rings. The molecule has 2 aromatic carbocycles. The molecule has 0 aliphatic heterocycles. The second kappa shape index (κ2) is 6.19. The fourth-order valence-corrected chi connectivity index (χ4v) is 2.46. The van der Waals surface area contributed by atoms with Crippen molar-refractivity contribution < 1.29 is 19.2 Å². The summed E-state index contributed by atoms with van der Waals surface area (Å²) < 4.78 is 19.6. The minimum atomic E-state index is -0.820. The van der Waals surface area contributed by atoms with Gasteiger partial charge in [0.05, 0.1) is 11.0 Å². The fraction of sp³-hybridized carbons (Fsp3) is 0.143. The van der Waals surface area contributed by atoms with E-state index < -0.39 is 28.3 Å². The molecular formula is C14H11BrFNO4. The van der Waals surface area contributed by atoms with Crippen molar-refractivity contribution in [2.24, 2.45) is 0 Å².